The van der Waals surface area contributed by atoms with Crippen LogP contribution in [-0.4, -0.2) is 47.9 Å². The van der Waals surface area contributed by atoms with Crippen molar-refractivity contribution in [2.75, 3.05) is 13.2 Å². The summed E-state index contributed by atoms with van der Waals surface area (Å²) in [6.07, 6.45) is 4.05. The van der Waals surface area contributed by atoms with E-state index in [0.29, 0.717) is 35.8 Å². The fourth-order valence-corrected chi connectivity index (χ4v) is 2.86. The highest BCUT2D eigenvalue weighted by Crippen LogP contribution is 2.29. The average Bonchev–Trinajstić information content (AvgIpc) is 2.69. The highest BCUT2D eigenvalue weighted by atomic mass is 16.5. The number of phenolic OH excluding ortho intramolecular Hbond substituents is 2. The molecular weight excluding hydrogens is 368 g/mol. The Morgan fingerprint density at radius 2 is 1.21 bits per heavy atom. The maximum absolute atomic E-state index is 10.2. The Morgan fingerprint density at radius 1 is 0.793 bits per heavy atom. The zero-order valence-corrected chi connectivity index (χ0v) is 17.5. The van der Waals surface area contributed by atoms with Crippen LogP contribution in [0, 0.1) is 0 Å². The summed E-state index contributed by atoms with van der Waals surface area (Å²) in [5, 5.41) is 20.5. The minimum atomic E-state index is 0.0145. The third kappa shape index (κ3) is 6.52. The van der Waals surface area contributed by atoms with E-state index in [1.165, 1.54) is 0 Å². The van der Waals surface area contributed by atoms with Gasteiger partial charge in [0.05, 0.1) is 13.2 Å². The van der Waals surface area contributed by atoms with E-state index in [-0.39, 0.29) is 23.6 Å². The van der Waals surface area contributed by atoms with Crippen molar-refractivity contribution >= 4 is 12.4 Å². The van der Waals surface area contributed by atoms with Crippen LogP contribution in [-0.2, 0) is 0 Å². The SMILES string of the molecule is CCOc1cccc(C=N[C@H](C)C[C@@H](C)N=Cc2cccc(OCC)c2O)c1O. The fourth-order valence-electron chi connectivity index (χ4n) is 2.86. The molecule has 6 heteroatoms. The molecule has 0 spiro atoms. The van der Waals surface area contributed by atoms with E-state index < -0.39 is 0 Å². The third-order valence-corrected chi connectivity index (χ3v) is 4.28. The predicted octanol–water partition coefficient (Wildman–Crippen LogP) is 4.60. The zero-order chi connectivity index (χ0) is 21.2. The van der Waals surface area contributed by atoms with E-state index in [9.17, 15) is 10.2 Å². The zero-order valence-electron chi connectivity index (χ0n) is 17.5. The molecule has 0 amide bonds. The largest absolute Gasteiger partial charge is 0.504 e. The van der Waals surface area contributed by atoms with Crippen molar-refractivity contribution in [3.05, 3.63) is 47.5 Å². The normalized spacial score (nSPS) is 13.7. The number of nitrogens with zero attached hydrogens (tertiary/aromatic N) is 2. The monoisotopic (exact) mass is 398 g/mol. The van der Waals surface area contributed by atoms with Crippen molar-refractivity contribution in [3.63, 3.8) is 0 Å². The molecule has 0 heterocycles. The average molecular weight is 399 g/mol. The van der Waals surface area contributed by atoms with Gasteiger partial charge in [0.1, 0.15) is 0 Å². The second kappa shape index (κ2) is 11.1. The van der Waals surface area contributed by atoms with Gasteiger partial charge in [-0.3, -0.25) is 9.98 Å². The molecule has 2 atom stereocenters. The van der Waals surface area contributed by atoms with E-state index in [1.807, 2.05) is 39.8 Å². The van der Waals surface area contributed by atoms with Gasteiger partial charge in [0.15, 0.2) is 23.0 Å². The molecular formula is C23H30N2O4. The summed E-state index contributed by atoms with van der Waals surface area (Å²) < 4.78 is 10.8. The van der Waals surface area contributed by atoms with Crippen LogP contribution < -0.4 is 9.47 Å². The Hall–Kier alpha value is -3.02. The Morgan fingerprint density at radius 3 is 1.59 bits per heavy atom. The van der Waals surface area contributed by atoms with Gasteiger partial charge in [-0.15, -0.1) is 0 Å². The molecule has 0 saturated carbocycles. The second-order valence-electron chi connectivity index (χ2n) is 6.74. The summed E-state index contributed by atoms with van der Waals surface area (Å²) in [6.45, 7) is 8.72. The van der Waals surface area contributed by atoms with Gasteiger partial charge >= 0.3 is 0 Å². The summed E-state index contributed by atoms with van der Waals surface area (Å²) in [4.78, 5) is 9.05. The molecule has 2 rings (SSSR count). The number of rotatable bonds is 10. The van der Waals surface area contributed by atoms with Crippen LogP contribution in [0.3, 0.4) is 0 Å². The summed E-state index contributed by atoms with van der Waals surface area (Å²) in [7, 11) is 0. The molecule has 2 aromatic rings. The number of ether oxygens (including phenoxy) is 2. The molecule has 29 heavy (non-hydrogen) atoms. The summed E-state index contributed by atoms with van der Waals surface area (Å²) in [5.41, 5.74) is 1.24. The van der Waals surface area contributed by atoms with E-state index in [2.05, 4.69) is 9.98 Å². The Balaban J connectivity index is 1.98. The van der Waals surface area contributed by atoms with Gasteiger partial charge in [-0.05, 0) is 58.4 Å². The standard InChI is InChI=1S/C23H30N2O4/c1-5-28-20-11-7-9-18(22(20)26)14-24-16(3)13-17(4)25-15-19-10-8-12-21(23(19)27)29-6-2/h7-12,14-17,26-27H,5-6,13H2,1-4H3/t16-,17-/m1/s1. The van der Waals surface area contributed by atoms with Crippen LogP contribution >= 0.6 is 0 Å². The molecule has 2 N–H and O–H groups in total. The van der Waals surface area contributed by atoms with Gasteiger partial charge in [0.2, 0.25) is 0 Å². The number of hydrogen-bond donors (Lipinski definition) is 2. The first-order valence-electron chi connectivity index (χ1n) is 9.92. The highest BCUT2D eigenvalue weighted by Gasteiger charge is 2.10. The highest BCUT2D eigenvalue weighted by molar-refractivity contribution is 5.85. The predicted molar refractivity (Wildman–Crippen MR) is 117 cm³/mol. The summed E-state index contributed by atoms with van der Waals surface area (Å²) in [5.74, 6) is 1.11. The van der Waals surface area contributed by atoms with E-state index in [1.54, 1.807) is 36.7 Å². The lowest BCUT2D eigenvalue weighted by molar-refractivity contribution is 0.318. The molecule has 0 aromatic heterocycles. The molecule has 0 radical (unpaired) electrons. The molecule has 0 saturated heterocycles. The first-order chi connectivity index (χ1) is 14.0. The second-order valence-corrected chi connectivity index (χ2v) is 6.74. The molecule has 0 bridgehead atoms. The van der Waals surface area contributed by atoms with E-state index in [4.69, 9.17) is 9.47 Å². The summed E-state index contributed by atoms with van der Waals surface area (Å²) in [6, 6.07) is 10.7. The lowest BCUT2D eigenvalue weighted by Gasteiger charge is -2.11. The van der Waals surface area contributed by atoms with E-state index >= 15 is 0 Å². The van der Waals surface area contributed by atoms with Crippen LogP contribution in [0.25, 0.3) is 0 Å². The number of benzene rings is 2. The van der Waals surface area contributed by atoms with E-state index in [0.717, 1.165) is 6.42 Å². The molecule has 156 valence electrons. The van der Waals surface area contributed by atoms with Gasteiger partial charge < -0.3 is 19.7 Å². The number of phenols is 2. The summed E-state index contributed by atoms with van der Waals surface area (Å²) >= 11 is 0. The maximum atomic E-state index is 10.2. The van der Waals surface area contributed by atoms with Crippen LogP contribution in [0.2, 0.25) is 0 Å². The molecule has 6 nitrogen and oxygen atoms in total. The molecule has 2 aromatic carbocycles. The third-order valence-electron chi connectivity index (χ3n) is 4.28. The van der Waals surface area contributed by atoms with Gasteiger partial charge in [-0.1, -0.05) is 12.1 Å². The fraction of sp³-hybridized carbons (Fsp3) is 0.391. The van der Waals surface area contributed by atoms with Crippen LogP contribution in [0.1, 0.15) is 45.2 Å². The van der Waals surface area contributed by atoms with Crippen molar-refractivity contribution in [3.8, 4) is 23.0 Å². The number of aliphatic imine (C=N–C) groups is 2. The quantitative estimate of drug-likeness (QED) is 0.573. The first kappa shape index (κ1) is 22.3. The first-order valence-corrected chi connectivity index (χ1v) is 9.92. The molecule has 0 aliphatic rings. The van der Waals surface area contributed by atoms with Crippen LogP contribution in [0.5, 0.6) is 23.0 Å². The molecule has 0 fully saturated rings. The van der Waals surface area contributed by atoms with Gasteiger partial charge in [0, 0.05) is 35.6 Å². The van der Waals surface area contributed by atoms with Crippen molar-refractivity contribution < 1.29 is 19.7 Å². The van der Waals surface area contributed by atoms with Crippen molar-refractivity contribution in [2.45, 2.75) is 46.2 Å². The Labute approximate surface area is 172 Å². The van der Waals surface area contributed by atoms with Crippen molar-refractivity contribution in [2.24, 2.45) is 9.98 Å². The van der Waals surface area contributed by atoms with Crippen molar-refractivity contribution in [1.82, 2.24) is 0 Å². The lowest BCUT2D eigenvalue weighted by Crippen LogP contribution is -2.09. The van der Waals surface area contributed by atoms with Crippen LogP contribution in [0.15, 0.2) is 46.4 Å². The molecule has 0 aliphatic heterocycles. The number of para-hydroxylation sites is 2. The van der Waals surface area contributed by atoms with Crippen molar-refractivity contribution in [1.29, 1.82) is 0 Å². The Bertz CT molecular complexity index is 779. The maximum Gasteiger partial charge on any atom is 0.166 e. The number of aromatic hydroxyl groups is 2. The van der Waals surface area contributed by atoms with Gasteiger partial charge in [-0.25, -0.2) is 0 Å². The number of hydrogen-bond acceptors (Lipinski definition) is 6. The van der Waals surface area contributed by atoms with Gasteiger partial charge in [0.25, 0.3) is 0 Å². The topological polar surface area (TPSA) is 83.6 Å². The minimum absolute atomic E-state index is 0.0145. The lowest BCUT2D eigenvalue weighted by atomic mass is 10.1. The van der Waals surface area contributed by atoms with Crippen LogP contribution in [0.4, 0.5) is 0 Å². The smallest absolute Gasteiger partial charge is 0.166 e. The van der Waals surface area contributed by atoms with Gasteiger partial charge in [-0.2, -0.15) is 0 Å². The molecule has 0 unspecified atom stereocenters. The minimum Gasteiger partial charge on any atom is -0.504 e. The molecule has 0 aliphatic carbocycles. The Kier molecular flexibility index (Phi) is 8.52.